The van der Waals surface area contributed by atoms with Crippen molar-refractivity contribution in [2.45, 2.75) is 18.5 Å². The van der Waals surface area contributed by atoms with Gasteiger partial charge in [-0.25, -0.2) is 0 Å². The molecule has 5 rings (SSSR count). The predicted octanol–water partition coefficient (Wildman–Crippen LogP) is 3.93. The Morgan fingerprint density at radius 2 is 1.65 bits per heavy atom. The molecule has 2 saturated heterocycles. The summed E-state index contributed by atoms with van der Waals surface area (Å²) in [7, 11) is 0. The molecule has 2 fully saturated rings. The highest BCUT2D eigenvalue weighted by Gasteiger charge is 2.43. The van der Waals surface area contributed by atoms with Crippen molar-refractivity contribution in [1.29, 1.82) is 0 Å². The molecule has 2 aromatic carbocycles. The fraction of sp³-hybridized carbons (Fsp3) is 0.400. The van der Waals surface area contributed by atoms with Crippen molar-refractivity contribution in [2.24, 2.45) is 0 Å². The first-order chi connectivity index (χ1) is 12.8. The van der Waals surface area contributed by atoms with Gasteiger partial charge in [0.1, 0.15) is 23.7 Å². The zero-order chi connectivity index (χ0) is 17.5. The molecule has 3 heterocycles. The lowest BCUT2D eigenvalue weighted by atomic mass is 9.98. The third-order valence-electron chi connectivity index (χ3n) is 5.11. The normalized spacial score (nSPS) is 27.8. The zero-order valence-corrected chi connectivity index (χ0v) is 15.0. The number of benzene rings is 2. The number of rotatable bonds is 2. The van der Waals surface area contributed by atoms with E-state index in [0.717, 1.165) is 55.5 Å². The molecule has 3 aliphatic heterocycles. The van der Waals surface area contributed by atoms with Gasteiger partial charge in [0.15, 0.2) is 6.29 Å². The van der Waals surface area contributed by atoms with Crippen LogP contribution >= 0.6 is 11.6 Å². The summed E-state index contributed by atoms with van der Waals surface area (Å²) in [6.07, 6.45) is -0.739. The molecular formula is C20H20ClNO4. The van der Waals surface area contributed by atoms with Gasteiger partial charge in [-0.15, -0.1) is 0 Å². The highest BCUT2D eigenvalue weighted by atomic mass is 35.5. The summed E-state index contributed by atoms with van der Waals surface area (Å²) in [5, 5.41) is 0.664. The Balaban J connectivity index is 1.48. The third-order valence-corrected chi connectivity index (χ3v) is 5.34. The minimum absolute atomic E-state index is 0.211. The summed E-state index contributed by atoms with van der Waals surface area (Å²) in [6, 6.07) is 13.6. The number of halogens is 1. The summed E-state index contributed by atoms with van der Waals surface area (Å²) in [5.74, 6) is 1.57. The Bertz CT molecular complexity index is 808. The molecule has 0 N–H and O–H groups in total. The predicted molar refractivity (Wildman–Crippen MR) is 96.7 cm³/mol. The van der Waals surface area contributed by atoms with Crippen molar-refractivity contribution >= 4 is 11.6 Å². The topological polar surface area (TPSA) is 40.2 Å². The van der Waals surface area contributed by atoms with E-state index < -0.39 is 0 Å². The molecule has 0 amide bonds. The lowest BCUT2D eigenvalue weighted by Crippen LogP contribution is -2.41. The third kappa shape index (κ3) is 3.00. The van der Waals surface area contributed by atoms with Crippen LogP contribution in [0.1, 0.15) is 23.3 Å². The molecule has 6 heteroatoms. The largest absolute Gasteiger partial charge is 0.457 e. The summed E-state index contributed by atoms with van der Waals surface area (Å²) in [6.45, 7) is 4.06. The van der Waals surface area contributed by atoms with Gasteiger partial charge in [0.25, 0.3) is 0 Å². The van der Waals surface area contributed by atoms with Gasteiger partial charge in [-0.3, -0.25) is 4.90 Å². The monoisotopic (exact) mass is 373 g/mol. The van der Waals surface area contributed by atoms with Gasteiger partial charge in [0.2, 0.25) is 0 Å². The number of hydrogen-bond donors (Lipinski definition) is 0. The highest BCUT2D eigenvalue weighted by molar-refractivity contribution is 6.30. The van der Waals surface area contributed by atoms with E-state index in [1.54, 1.807) is 0 Å². The first-order valence-electron chi connectivity index (χ1n) is 8.95. The van der Waals surface area contributed by atoms with Gasteiger partial charge in [0, 0.05) is 35.8 Å². The van der Waals surface area contributed by atoms with E-state index in [1.165, 1.54) is 0 Å². The fourth-order valence-corrected chi connectivity index (χ4v) is 4.00. The molecular weight excluding hydrogens is 354 g/mol. The van der Waals surface area contributed by atoms with Gasteiger partial charge in [-0.05, 0) is 24.3 Å². The maximum Gasteiger partial charge on any atom is 0.172 e. The average Bonchev–Trinajstić information content (AvgIpc) is 3.03. The minimum Gasteiger partial charge on any atom is -0.457 e. The van der Waals surface area contributed by atoms with Crippen LogP contribution in [-0.2, 0) is 14.2 Å². The van der Waals surface area contributed by atoms with Crippen molar-refractivity contribution in [3.8, 4) is 11.5 Å². The Kier molecular flexibility index (Phi) is 4.35. The van der Waals surface area contributed by atoms with Crippen LogP contribution in [0.4, 0.5) is 0 Å². The summed E-state index contributed by atoms with van der Waals surface area (Å²) in [5.41, 5.74) is 1.94. The van der Waals surface area contributed by atoms with E-state index in [1.807, 2.05) is 42.5 Å². The SMILES string of the molecule is Clc1ccc2c(c1)C1OC(CN3CCOCC3)OC1c1ccccc1O2. The van der Waals surface area contributed by atoms with Gasteiger partial charge in [-0.1, -0.05) is 29.8 Å². The van der Waals surface area contributed by atoms with E-state index in [4.69, 9.17) is 30.5 Å². The zero-order valence-electron chi connectivity index (χ0n) is 14.3. The number of nitrogens with zero attached hydrogens (tertiary/aromatic N) is 1. The minimum atomic E-state index is -0.291. The van der Waals surface area contributed by atoms with Crippen LogP contribution < -0.4 is 4.74 Å². The van der Waals surface area contributed by atoms with E-state index in [-0.39, 0.29) is 18.5 Å². The molecule has 0 saturated carbocycles. The number of ether oxygens (including phenoxy) is 4. The van der Waals surface area contributed by atoms with Gasteiger partial charge in [0.05, 0.1) is 13.2 Å². The Morgan fingerprint density at radius 3 is 2.50 bits per heavy atom. The number of para-hydroxylation sites is 1. The van der Waals surface area contributed by atoms with Crippen LogP contribution in [0, 0.1) is 0 Å². The summed E-state index contributed by atoms with van der Waals surface area (Å²) >= 11 is 6.25. The Hall–Kier alpha value is -1.63. The number of fused-ring (bicyclic) bond motifs is 5. The second-order valence-corrected chi connectivity index (χ2v) is 7.21. The summed E-state index contributed by atoms with van der Waals surface area (Å²) < 4.78 is 24.2. The first-order valence-corrected chi connectivity index (χ1v) is 9.33. The van der Waals surface area contributed by atoms with Crippen molar-refractivity contribution in [2.75, 3.05) is 32.8 Å². The van der Waals surface area contributed by atoms with Crippen molar-refractivity contribution in [1.82, 2.24) is 4.90 Å². The van der Waals surface area contributed by atoms with Crippen LogP contribution in [0.5, 0.6) is 11.5 Å². The van der Waals surface area contributed by atoms with Crippen LogP contribution in [0.15, 0.2) is 42.5 Å². The van der Waals surface area contributed by atoms with E-state index in [0.29, 0.717) is 5.02 Å². The van der Waals surface area contributed by atoms with Crippen molar-refractivity contribution < 1.29 is 18.9 Å². The quantitative estimate of drug-likeness (QED) is 0.797. The molecule has 0 bridgehead atoms. The lowest BCUT2D eigenvalue weighted by Gasteiger charge is -2.28. The molecule has 0 aromatic heterocycles. The second kappa shape index (κ2) is 6.83. The van der Waals surface area contributed by atoms with E-state index in [9.17, 15) is 0 Å². The van der Waals surface area contributed by atoms with Crippen LogP contribution in [0.3, 0.4) is 0 Å². The van der Waals surface area contributed by atoms with E-state index >= 15 is 0 Å². The standard InChI is InChI=1S/C20H20ClNO4/c21-13-5-6-17-15(11-13)20-19(14-3-1-2-4-16(14)24-17)25-18(26-20)12-22-7-9-23-10-8-22/h1-6,11,18-20H,7-10,12H2. The molecule has 5 nitrogen and oxygen atoms in total. The van der Waals surface area contributed by atoms with E-state index in [2.05, 4.69) is 4.90 Å². The summed E-state index contributed by atoms with van der Waals surface area (Å²) in [4.78, 5) is 2.32. The van der Waals surface area contributed by atoms with Gasteiger partial charge < -0.3 is 18.9 Å². The number of hydrogen-bond acceptors (Lipinski definition) is 5. The average molecular weight is 374 g/mol. The second-order valence-electron chi connectivity index (χ2n) is 6.78. The molecule has 26 heavy (non-hydrogen) atoms. The number of morpholine rings is 1. The van der Waals surface area contributed by atoms with Crippen LogP contribution in [0.25, 0.3) is 0 Å². The Morgan fingerprint density at radius 1 is 0.923 bits per heavy atom. The molecule has 0 spiro atoms. The molecule has 0 aliphatic carbocycles. The smallest absolute Gasteiger partial charge is 0.172 e. The molecule has 2 aromatic rings. The molecule has 3 atom stereocenters. The Labute approximate surface area is 157 Å². The van der Waals surface area contributed by atoms with Crippen molar-refractivity contribution in [3.63, 3.8) is 0 Å². The van der Waals surface area contributed by atoms with Crippen LogP contribution in [0.2, 0.25) is 5.02 Å². The van der Waals surface area contributed by atoms with Gasteiger partial charge >= 0.3 is 0 Å². The molecule has 136 valence electrons. The lowest BCUT2D eigenvalue weighted by molar-refractivity contribution is -0.0955. The van der Waals surface area contributed by atoms with Crippen molar-refractivity contribution in [3.05, 3.63) is 58.6 Å². The highest BCUT2D eigenvalue weighted by Crippen LogP contribution is 2.51. The molecule has 0 radical (unpaired) electrons. The maximum absolute atomic E-state index is 6.34. The fourth-order valence-electron chi connectivity index (χ4n) is 3.82. The molecule has 3 unspecified atom stereocenters. The van der Waals surface area contributed by atoms with Crippen LogP contribution in [-0.4, -0.2) is 44.0 Å². The maximum atomic E-state index is 6.34. The first kappa shape index (κ1) is 16.5. The van der Waals surface area contributed by atoms with Gasteiger partial charge in [-0.2, -0.15) is 0 Å². The molecule has 3 aliphatic rings.